The highest BCUT2D eigenvalue weighted by atomic mass is 32.2. The van der Waals surface area contributed by atoms with Crippen LogP contribution in [0, 0.1) is 6.92 Å². The highest BCUT2D eigenvalue weighted by Gasteiger charge is 2.09. The highest BCUT2D eigenvalue weighted by molar-refractivity contribution is 7.99. The van der Waals surface area contributed by atoms with Crippen LogP contribution in [-0.4, -0.2) is 32.7 Å². The van der Waals surface area contributed by atoms with E-state index < -0.39 is 0 Å². The summed E-state index contributed by atoms with van der Waals surface area (Å²) in [6.07, 6.45) is 0. The van der Waals surface area contributed by atoms with Gasteiger partial charge in [0.2, 0.25) is 11.8 Å². The molecule has 2 amide bonds. The van der Waals surface area contributed by atoms with E-state index in [1.165, 1.54) is 30.0 Å². The number of aryl methyl sites for hydroxylation is 1. The smallest absolute Gasteiger partial charge is 0.236 e. The fourth-order valence-corrected chi connectivity index (χ4v) is 3.62. The number of nitrogens with one attached hydrogen (secondary N) is 2. The number of rotatable bonds is 5. The molecule has 0 bridgehead atoms. The van der Waals surface area contributed by atoms with Crippen molar-refractivity contribution in [3.8, 4) is 0 Å². The van der Waals surface area contributed by atoms with Gasteiger partial charge in [-0.15, -0.1) is 10.2 Å². The number of benzene rings is 1. The number of thiazole rings is 1. The Morgan fingerprint density at radius 2 is 2.00 bits per heavy atom. The fraction of sp³-hybridized carbons (Fsp3) is 0.188. The lowest BCUT2D eigenvalue weighted by atomic mass is 10.2. The van der Waals surface area contributed by atoms with Crippen LogP contribution in [0.2, 0.25) is 0 Å². The third-order valence-electron chi connectivity index (χ3n) is 3.09. The fourth-order valence-electron chi connectivity index (χ4n) is 2.02. The summed E-state index contributed by atoms with van der Waals surface area (Å²) < 4.78 is 1.04. The van der Waals surface area contributed by atoms with Crippen molar-refractivity contribution < 1.29 is 9.59 Å². The van der Waals surface area contributed by atoms with Crippen molar-refractivity contribution in [2.45, 2.75) is 18.9 Å². The standard InChI is InChI=1S/C16H15N5O2S2/c1-9-3-4-11-12(7-9)25-16(18-11)19-14(23)8-24-15-6-5-13(20-21-15)17-10(2)22/h3-7H,8H2,1-2H3,(H,17,20,22)(H,18,19,23). The summed E-state index contributed by atoms with van der Waals surface area (Å²) >= 11 is 2.71. The van der Waals surface area contributed by atoms with Crippen molar-refractivity contribution in [1.29, 1.82) is 0 Å². The zero-order chi connectivity index (χ0) is 17.8. The summed E-state index contributed by atoms with van der Waals surface area (Å²) in [6, 6.07) is 9.33. The molecule has 9 heteroatoms. The van der Waals surface area contributed by atoms with Crippen molar-refractivity contribution in [1.82, 2.24) is 15.2 Å². The van der Waals surface area contributed by atoms with E-state index in [0.717, 1.165) is 15.8 Å². The number of carbonyl (C=O) groups is 2. The number of carbonyl (C=O) groups excluding carboxylic acids is 2. The van der Waals surface area contributed by atoms with Gasteiger partial charge < -0.3 is 10.6 Å². The van der Waals surface area contributed by atoms with Gasteiger partial charge in [0, 0.05) is 6.92 Å². The molecule has 25 heavy (non-hydrogen) atoms. The van der Waals surface area contributed by atoms with Crippen LogP contribution in [0.15, 0.2) is 35.4 Å². The Hall–Kier alpha value is -2.52. The van der Waals surface area contributed by atoms with Crippen LogP contribution >= 0.6 is 23.1 Å². The minimum Gasteiger partial charge on any atom is -0.309 e. The van der Waals surface area contributed by atoms with Gasteiger partial charge in [-0.3, -0.25) is 9.59 Å². The van der Waals surface area contributed by atoms with Crippen molar-refractivity contribution in [2.75, 3.05) is 16.4 Å². The molecule has 0 fully saturated rings. The number of amides is 2. The second kappa shape index (κ2) is 7.58. The van der Waals surface area contributed by atoms with Crippen LogP contribution in [0.25, 0.3) is 10.2 Å². The summed E-state index contributed by atoms with van der Waals surface area (Å²) in [4.78, 5) is 27.4. The lowest BCUT2D eigenvalue weighted by Crippen LogP contribution is -2.14. The van der Waals surface area contributed by atoms with Crippen LogP contribution in [0.1, 0.15) is 12.5 Å². The van der Waals surface area contributed by atoms with Crippen molar-refractivity contribution in [3.05, 3.63) is 35.9 Å². The molecular formula is C16H15N5O2S2. The summed E-state index contributed by atoms with van der Waals surface area (Å²) in [5.41, 5.74) is 2.03. The van der Waals surface area contributed by atoms with Crippen LogP contribution in [0.4, 0.5) is 10.9 Å². The number of nitrogens with zero attached hydrogens (tertiary/aromatic N) is 3. The summed E-state index contributed by atoms with van der Waals surface area (Å²) in [5, 5.41) is 14.4. The van der Waals surface area contributed by atoms with Crippen molar-refractivity contribution in [2.24, 2.45) is 0 Å². The normalized spacial score (nSPS) is 10.6. The van der Waals surface area contributed by atoms with Gasteiger partial charge in [0.05, 0.1) is 16.0 Å². The third kappa shape index (κ3) is 4.74. The van der Waals surface area contributed by atoms with Gasteiger partial charge in [-0.05, 0) is 36.8 Å². The SMILES string of the molecule is CC(=O)Nc1ccc(SCC(=O)Nc2nc3ccc(C)cc3s2)nn1. The lowest BCUT2D eigenvalue weighted by Gasteiger charge is -2.02. The first-order valence-corrected chi connectivity index (χ1v) is 9.21. The second-order valence-corrected chi connectivity index (χ2v) is 7.29. The molecular weight excluding hydrogens is 358 g/mol. The van der Waals surface area contributed by atoms with E-state index in [2.05, 4.69) is 25.8 Å². The number of anilines is 2. The molecule has 2 heterocycles. The number of fused-ring (bicyclic) bond motifs is 1. The molecule has 0 aliphatic rings. The molecule has 2 aromatic heterocycles. The zero-order valence-electron chi connectivity index (χ0n) is 13.6. The molecule has 0 saturated heterocycles. The first kappa shape index (κ1) is 17.3. The van der Waals surface area contributed by atoms with E-state index >= 15 is 0 Å². The molecule has 3 aromatic rings. The van der Waals surface area contributed by atoms with Gasteiger partial charge in [0.25, 0.3) is 0 Å². The minimum absolute atomic E-state index is 0.159. The Morgan fingerprint density at radius 1 is 1.16 bits per heavy atom. The quantitative estimate of drug-likeness (QED) is 0.667. The van der Waals surface area contributed by atoms with E-state index in [-0.39, 0.29) is 17.6 Å². The van der Waals surface area contributed by atoms with Crippen molar-refractivity contribution in [3.63, 3.8) is 0 Å². The Balaban J connectivity index is 1.55. The molecule has 0 aliphatic heterocycles. The van der Waals surface area contributed by atoms with Gasteiger partial charge >= 0.3 is 0 Å². The molecule has 0 spiro atoms. The molecule has 0 saturated carbocycles. The molecule has 0 unspecified atom stereocenters. The first-order chi connectivity index (χ1) is 12.0. The maximum atomic E-state index is 12.1. The van der Waals surface area contributed by atoms with Gasteiger partial charge in [0.15, 0.2) is 10.9 Å². The van der Waals surface area contributed by atoms with E-state index in [4.69, 9.17) is 0 Å². The van der Waals surface area contributed by atoms with E-state index in [9.17, 15) is 9.59 Å². The molecule has 0 aliphatic carbocycles. The lowest BCUT2D eigenvalue weighted by molar-refractivity contribution is -0.114. The molecule has 1 aromatic carbocycles. The molecule has 128 valence electrons. The minimum atomic E-state index is -0.208. The van der Waals surface area contributed by atoms with Gasteiger partial charge in [-0.25, -0.2) is 4.98 Å². The Labute approximate surface area is 152 Å². The largest absolute Gasteiger partial charge is 0.309 e. The predicted molar refractivity (Wildman–Crippen MR) is 100 cm³/mol. The Kier molecular flexibility index (Phi) is 5.25. The number of aromatic nitrogens is 3. The summed E-state index contributed by atoms with van der Waals surface area (Å²) in [6.45, 7) is 3.42. The van der Waals surface area contributed by atoms with Gasteiger partial charge in [-0.1, -0.05) is 29.2 Å². The van der Waals surface area contributed by atoms with Crippen LogP contribution in [0.3, 0.4) is 0 Å². The molecule has 7 nitrogen and oxygen atoms in total. The Bertz CT molecular complexity index is 924. The monoisotopic (exact) mass is 373 g/mol. The molecule has 2 N–H and O–H groups in total. The number of hydrogen-bond acceptors (Lipinski definition) is 7. The van der Waals surface area contributed by atoms with Crippen LogP contribution in [0.5, 0.6) is 0 Å². The second-order valence-electron chi connectivity index (χ2n) is 5.27. The zero-order valence-corrected chi connectivity index (χ0v) is 15.2. The van der Waals surface area contributed by atoms with E-state index in [0.29, 0.717) is 16.0 Å². The molecule has 3 rings (SSSR count). The summed E-state index contributed by atoms with van der Waals surface area (Å²) in [5.74, 6) is 0.211. The average molecular weight is 373 g/mol. The predicted octanol–water partition coefficient (Wildman–Crippen LogP) is 3.08. The number of hydrogen-bond donors (Lipinski definition) is 2. The average Bonchev–Trinajstić information content (AvgIpc) is 2.95. The maximum Gasteiger partial charge on any atom is 0.236 e. The van der Waals surface area contributed by atoms with E-state index in [1.54, 1.807) is 12.1 Å². The third-order valence-corrected chi connectivity index (χ3v) is 4.94. The van der Waals surface area contributed by atoms with Gasteiger partial charge in [0.1, 0.15) is 5.03 Å². The van der Waals surface area contributed by atoms with Crippen molar-refractivity contribution >= 4 is 56.1 Å². The van der Waals surface area contributed by atoms with E-state index in [1.807, 2.05) is 25.1 Å². The Morgan fingerprint density at radius 3 is 2.72 bits per heavy atom. The summed E-state index contributed by atoms with van der Waals surface area (Å²) in [7, 11) is 0. The van der Waals surface area contributed by atoms with Crippen LogP contribution < -0.4 is 10.6 Å². The van der Waals surface area contributed by atoms with Crippen LogP contribution in [-0.2, 0) is 9.59 Å². The van der Waals surface area contributed by atoms with Gasteiger partial charge in [-0.2, -0.15) is 0 Å². The molecule has 0 radical (unpaired) electrons. The highest BCUT2D eigenvalue weighted by Crippen LogP contribution is 2.27. The first-order valence-electron chi connectivity index (χ1n) is 7.41. The number of thioether (sulfide) groups is 1. The maximum absolute atomic E-state index is 12.1. The topological polar surface area (TPSA) is 96.9 Å². The molecule has 0 atom stereocenters.